The number of nitrogens with zero attached hydrogens (tertiary/aromatic N) is 4. The third-order valence-corrected chi connectivity index (χ3v) is 9.58. The zero-order valence-corrected chi connectivity index (χ0v) is 26.2. The van der Waals surface area contributed by atoms with Crippen LogP contribution >= 0.6 is 11.3 Å². The van der Waals surface area contributed by atoms with Gasteiger partial charge in [-0.25, -0.2) is 22.5 Å². The molecule has 41 heavy (non-hydrogen) atoms. The molecule has 222 valence electrons. The number of rotatable bonds is 9. The number of hydrogen-bond acceptors (Lipinski definition) is 9. The lowest BCUT2D eigenvalue weighted by molar-refractivity contribution is 0.0292. The second-order valence-electron chi connectivity index (χ2n) is 10.9. The molecule has 0 spiro atoms. The first-order valence-corrected chi connectivity index (χ1v) is 15.6. The van der Waals surface area contributed by atoms with Crippen LogP contribution in [0.25, 0.3) is 0 Å². The summed E-state index contributed by atoms with van der Waals surface area (Å²) in [5.41, 5.74) is 1.84. The lowest BCUT2D eigenvalue weighted by atomic mass is 10.1. The van der Waals surface area contributed by atoms with E-state index in [-0.39, 0.29) is 23.6 Å². The van der Waals surface area contributed by atoms with Crippen LogP contribution in [0.4, 0.5) is 15.6 Å². The Balaban J connectivity index is 1.58. The SMILES string of the molecule is COc1ccc(CN(c2nccs2)S(=O)(=O)c2ccc(N(C)[C@H]3CCN(C(=O)OC(C)(C)C)C3)c(C)c2)c(OC)c1. The average molecular weight is 603 g/mol. The molecular weight excluding hydrogens is 564 g/mol. The Morgan fingerprint density at radius 3 is 2.51 bits per heavy atom. The molecule has 1 atom stereocenters. The lowest BCUT2D eigenvalue weighted by Gasteiger charge is -2.29. The van der Waals surface area contributed by atoms with Gasteiger partial charge in [0.1, 0.15) is 17.1 Å². The number of benzene rings is 2. The van der Waals surface area contributed by atoms with Crippen LogP contribution in [0.5, 0.6) is 11.5 Å². The van der Waals surface area contributed by atoms with Gasteiger partial charge in [-0.05, 0) is 70.0 Å². The zero-order chi connectivity index (χ0) is 29.9. The lowest BCUT2D eigenvalue weighted by Crippen LogP contribution is -2.39. The molecule has 0 bridgehead atoms. The molecule has 3 aromatic rings. The number of amides is 1. The van der Waals surface area contributed by atoms with Crippen LogP contribution in [0.2, 0.25) is 0 Å². The molecule has 2 aromatic carbocycles. The van der Waals surface area contributed by atoms with Gasteiger partial charge in [-0.2, -0.15) is 0 Å². The van der Waals surface area contributed by atoms with Gasteiger partial charge in [0, 0.05) is 55.1 Å². The first-order chi connectivity index (χ1) is 19.3. The van der Waals surface area contributed by atoms with Crippen LogP contribution in [0.1, 0.15) is 38.3 Å². The van der Waals surface area contributed by atoms with Crippen LogP contribution in [-0.4, -0.2) is 70.4 Å². The van der Waals surface area contributed by atoms with Crippen LogP contribution < -0.4 is 18.7 Å². The summed E-state index contributed by atoms with van der Waals surface area (Å²) in [5.74, 6) is 1.13. The molecule has 1 aliphatic rings. The van der Waals surface area contributed by atoms with E-state index in [1.165, 1.54) is 22.8 Å². The van der Waals surface area contributed by atoms with Gasteiger partial charge in [-0.1, -0.05) is 0 Å². The van der Waals surface area contributed by atoms with E-state index in [0.29, 0.717) is 35.3 Å². The van der Waals surface area contributed by atoms with Crippen molar-refractivity contribution in [2.24, 2.45) is 0 Å². The highest BCUT2D eigenvalue weighted by atomic mass is 32.2. The molecule has 1 amide bonds. The second kappa shape index (κ2) is 12.2. The average Bonchev–Trinajstić information content (AvgIpc) is 3.63. The largest absolute Gasteiger partial charge is 0.497 e. The molecule has 4 rings (SSSR count). The Labute approximate surface area is 246 Å². The van der Waals surface area contributed by atoms with Crippen LogP contribution in [0.15, 0.2) is 52.9 Å². The van der Waals surface area contributed by atoms with Gasteiger partial charge in [0.05, 0.1) is 25.7 Å². The number of thiazole rings is 1. The molecule has 0 unspecified atom stereocenters. The predicted molar refractivity (Wildman–Crippen MR) is 161 cm³/mol. The molecular formula is C29H38N4O6S2. The van der Waals surface area contributed by atoms with Crippen LogP contribution in [-0.2, 0) is 21.3 Å². The zero-order valence-electron chi connectivity index (χ0n) is 24.6. The third kappa shape index (κ3) is 6.87. The van der Waals surface area contributed by atoms with Gasteiger partial charge in [0.15, 0.2) is 5.13 Å². The molecule has 12 heteroatoms. The van der Waals surface area contributed by atoms with E-state index in [1.807, 2.05) is 40.8 Å². The van der Waals surface area contributed by atoms with E-state index >= 15 is 0 Å². The second-order valence-corrected chi connectivity index (χ2v) is 13.7. The van der Waals surface area contributed by atoms with Gasteiger partial charge in [-0.15, -0.1) is 11.3 Å². The summed E-state index contributed by atoms with van der Waals surface area (Å²) < 4.78 is 45.7. The van der Waals surface area contributed by atoms with Crippen molar-refractivity contribution >= 4 is 38.3 Å². The maximum atomic E-state index is 14.0. The van der Waals surface area contributed by atoms with Gasteiger partial charge >= 0.3 is 6.09 Å². The van der Waals surface area contributed by atoms with Crippen molar-refractivity contribution in [3.8, 4) is 11.5 Å². The number of anilines is 2. The molecule has 1 fully saturated rings. The van der Waals surface area contributed by atoms with E-state index in [9.17, 15) is 13.2 Å². The van der Waals surface area contributed by atoms with Crippen molar-refractivity contribution in [1.82, 2.24) is 9.88 Å². The highest BCUT2D eigenvalue weighted by Gasteiger charge is 2.33. The number of carbonyl (C=O) groups excluding carboxylic acids is 1. The first-order valence-electron chi connectivity index (χ1n) is 13.3. The Morgan fingerprint density at radius 2 is 1.90 bits per heavy atom. The molecule has 10 nitrogen and oxygen atoms in total. The molecule has 0 radical (unpaired) electrons. The number of aromatic nitrogens is 1. The Bertz CT molecular complexity index is 1470. The van der Waals surface area contributed by atoms with Crippen molar-refractivity contribution in [1.29, 1.82) is 0 Å². The summed E-state index contributed by atoms with van der Waals surface area (Å²) >= 11 is 1.25. The summed E-state index contributed by atoms with van der Waals surface area (Å²) in [6.07, 6.45) is 2.05. The molecule has 2 heterocycles. The number of methoxy groups -OCH3 is 2. The fraction of sp³-hybridized carbons (Fsp3) is 0.448. The minimum Gasteiger partial charge on any atom is -0.497 e. The number of hydrogen-bond donors (Lipinski definition) is 0. The summed E-state index contributed by atoms with van der Waals surface area (Å²) in [4.78, 5) is 20.8. The van der Waals surface area contributed by atoms with E-state index in [1.54, 1.807) is 53.9 Å². The van der Waals surface area contributed by atoms with Crippen molar-refractivity contribution < 1.29 is 27.4 Å². The molecule has 0 N–H and O–H groups in total. The number of likely N-dealkylation sites (N-methyl/N-ethyl adjacent to an activating group) is 1. The summed E-state index contributed by atoms with van der Waals surface area (Å²) in [6.45, 7) is 8.63. The van der Waals surface area contributed by atoms with Crippen molar-refractivity contribution in [2.75, 3.05) is 43.6 Å². The molecule has 0 aliphatic carbocycles. The van der Waals surface area contributed by atoms with Crippen LogP contribution in [0.3, 0.4) is 0 Å². The van der Waals surface area contributed by atoms with Crippen molar-refractivity contribution in [3.05, 3.63) is 59.1 Å². The Morgan fingerprint density at radius 1 is 1.15 bits per heavy atom. The van der Waals surface area contributed by atoms with E-state index in [4.69, 9.17) is 14.2 Å². The molecule has 1 aliphatic heterocycles. The Hall–Kier alpha value is -3.51. The fourth-order valence-electron chi connectivity index (χ4n) is 4.79. The van der Waals surface area contributed by atoms with Gasteiger partial charge < -0.3 is 24.0 Å². The number of likely N-dealkylation sites (tertiary alicyclic amines) is 1. The molecule has 1 aromatic heterocycles. The predicted octanol–water partition coefficient (Wildman–Crippen LogP) is 5.31. The third-order valence-electron chi connectivity index (χ3n) is 6.94. The normalized spacial score (nSPS) is 15.5. The Kier molecular flexibility index (Phi) is 9.03. The van der Waals surface area contributed by atoms with Gasteiger partial charge in [0.2, 0.25) is 0 Å². The van der Waals surface area contributed by atoms with Gasteiger partial charge in [-0.3, -0.25) is 0 Å². The first kappa shape index (κ1) is 30.4. The maximum absolute atomic E-state index is 14.0. The quantitative estimate of drug-likeness (QED) is 0.325. The van der Waals surface area contributed by atoms with E-state index in [2.05, 4.69) is 9.88 Å². The van der Waals surface area contributed by atoms with Gasteiger partial charge in [0.25, 0.3) is 10.0 Å². The van der Waals surface area contributed by atoms with E-state index in [0.717, 1.165) is 17.7 Å². The number of carbonyl (C=O) groups is 1. The van der Waals surface area contributed by atoms with E-state index < -0.39 is 15.6 Å². The van der Waals surface area contributed by atoms with Crippen LogP contribution in [0, 0.1) is 6.92 Å². The number of aryl methyl sites for hydroxylation is 1. The monoisotopic (exact) mass is 602 g/mol. The summed E-state index contributed by atoms with van der Waals surface area (Å²) in [6, 6.07) is 10.5. The molecule has 1 saturated heterocycles. The smallest absolute Gasteiger partial charge is 0.410 e. The minimum absolute atomic E-state index is 0.0340. The summed E-state index contributed by atoms with van der Waals surface area (Å²) in [7, 11) is 1.09. The topological polar surface area (TPSA) is 102 Å². The fourth-order valence-corrected chi connectivity index (χ4v) is 7.14. The van der Waals surface area contributed by atoms with Crippen molar-refractivity contribution in [2.45, 2.75) is 57.2 Å². The summed E-state index contributed by atoms with van der Waals surface area (Å²) in [5, 5.41) is 2.10. The standard InChI is InChI=1S/C29H38N4O6S2/c1-20-16-24(10-11-25(20)31(5)22-12-14-32(19-22)28(34)39-29(2,3)4)41(35,36)33(27-30-13-15-40-27)18-21-8-9-23(37-6)17-26(21)38-7/h8-11,13,15-17,22H,12,14,18-19H2,1-7H3/t22-/m0/s1. The minimum atomic E-state index is -3.98. The van der Waals surface area contributed by atoms with Crippen molar-refractivity contribution in [3.63, 3.8) is 0 Å². The number of ether oxygens (including phenoxy) is 3. The highest BCUT2D eigenvalue weighted by molar-refractivity contribution is 7.93. The molecule has 0 saturated carbocycles. The number of sulfonamides is 1. The maximum Gasteiger partial charge on any atom is 0.410 e. The highest BCUT2D eigenvalue weighted by Crippen LogP contribution is 2.34.